The quantitative estimate of drug-likeness (QED) is 0.523. The fourth-order valence-corrected chi connectivity index (χ4v) is 2.89. The monoisotopic (exact) mass is 241 g/mol. The van der Waals surface area contributed by atoms with Crippen molar-refractivity contribution in [1.29, 1.82) is 0 Å². The summed E-state index contributed by atoms with van der Waals surface area (Å²) in [6, 6.07) is 0.0229. The van der Waals surface area contributed by atoms with Gasteiger partial charge in [-0.15, -0.1) is 11.6 Å². The summed E-state index contributed by atoms with van der Waals surface area (Å²) >= 11 is 5.38. The number of unbranched alkanes of at least 4 members (excludes halogenated alkanes) is 2. The highest BCUT2D eigenvalue weighted by Crippen LogP contribution is 2.04. The Labute approximate surface area is 92.3 Å². The fraction of sp³-hybridized carbons (Fsp3) is 1.00. The molecule has 0 bridgehead atoms. The molecule has 0 aromatic heterocycles. The maximum Gasteiger partial charge on any atom is 0.213 e. The second-order valence-corrected chi connectivity index (χ2v) is 5.77. The van der Waals surface area contributed by atoms with Crippen molar-refractivity contribution in [3.05, 3.63) is 0 Å². The Kier molecular flexibility index (Phi) is 7.59. The van der Waals surface area contributed by atoms with Crippen LogP contribution >= 0.6 is 11.6 Å². The summed E-state index contributed by atoms with van der Waals surface area (Å²) in [6.45, 7) is 4.02. The highest BCUT2D eigenvalue weighted by atomic mass is 35.5. The molecule has 3 nitrogen and oxygen atoms in total. The number of hydrogen-bond donors (Lipinski definition) is 1. The molecule has 0 saturated carbocycles. The van der Waals surface area contributed by atoms with Crippen LogP contribution in [0.2, 0.25) is 0 Å². The van der Waals surface area contributed by atoms with Crippen molar-refractivity contribution in [1.82, 2.24) is 4.72 Å². The Bertz CT molecular complexity index is 229. The molecule has 5 heteroatoms. The topological polar surface area (TPSA) is 46.2 Å². The molecule has 86 valence electrons. The van der Waals surface area contributed by atoms with Crippen molar-refractivity contribution in [2.24, 2.45) is 0 Å². The predicted molar refractivity (Wildman–Crippen MR) is 61.2 cm³/mol. The van der Waals surface area contributed by atoms with Crippen molar-refractivity contribution in [2.75, 3.05) is 11.6 Å². The van der Waals surface area contributed by atoms with E-state index in [-0.39, 0.29) is 17.7 Å². The summed E-state index contributed by atoms with van der Waals surface area (Å²) in [5, 5.41) is 0. The minimum atomic E-state index is -3.15. The van der Waals surface area contributed by atoms with Crippen LogP contribution in [0.4, 0.5) is 0 Å². The molecule has 1 unspecified atom stereocenters. The molecule has 0 rings (SSSR count). The van der Waals surface area contributed by atoms with Crippen LogP contribution in [0.5, 0.6) is 0 Å². The number of alkyl halides is 1. The Morgan fingerprint density at radius 2 is 2.00 bits per heavy atom. The Morgan fingerprint density at radius 1 is 1.36 bits per heavy atom. The summed E-state index contributed by atoms with van der Waals surface area (Å²) in [4.78, 5) is 0. The van der Waals surface area contributed by atoms with Crippen LogP contribution < -0.4 is 4.72 Å². The summed E-state index contributed by atoms with van der Waals surface area (Å²) in [5.74, 6) is 0.156. The molecule has 14 heavy (non-hydrogen) atoms. The van der Waals surface area contributed by atoms with Crippen LogP contribution in [0.15, 0.2) is 0 Å². The van der Waals surface area contributed by atoms with Crippen LogP contribution in [0.25, 0.3) is 0 Å². The van der Waals surface area contributed by atoms with Gasteiger partial charge in [0.1, 0.15) is 0 Å². The molecule has 0 amide bonds. The molecule has 0 heterocycles. The minimum Gasteiger partial charge on any atom is -0.212 e. The molecule has 1 atom stereocenters. The summed E-state index contributed by atoms with van der Waals surface area (Å²) in [6.07, 6.45) is 4.28. The van der Waals surface area contributed by atoms with E-state index in [2.05, 4.69) is 11.6 Å². The first-order valence-corrected chi connectivity index (χ1v) is 7.26. The van der Waals surface area contributed by atoms with E-state index >= 15 is 0 Å². The van der Waals surface area contributed by atoms with Crippen molar-refractivity contribution in [2.45, 2.75) is 45.6 Å². The highest BCUT2D eigenvalue weighted by Gasteiger charge is 2.12. The van der Waals surface area contributed by atoms with E-state index in [0.717, 1.165) is 25.7 Å². The third kappa shape index (κ3) is 7.59. The van der Waals surface area contributed by atoms with E-state index in [9.17, 15) is 8.42 Å². The van der Waals surface area contributed by atoms with E-state index in [1.165, 1.54) is 0 Å². The van der Waals surface area contributed by atoms with E-state index in [1.54, 1.807) is 0 Å². The Hall–Kier alpha value is 0.200. The van der Waals surface area contributed by atoms with Gasteiger partial charge in [0.25, 0.3) is 0 Å². The zero-order valence-electron chi connectivity index (χ0n) is 8.92. The van der Waals surface area contributed by atoms with Gasteiger partial charge < -0.3 is 0 Å². The third-order valence-electron chi connectivity index (χ3n) is 1.97. The van der Waals surface area contributed by atoms with Crippen molar-refractivity contribution in [3.8, 4) is 0 Å². The van der Waals surface area contributed by atoms with Crippen LogP contribution in [-0.2, 0) is 10.0 Å². The Balaban J connectivity index is 3.75. The molecular weight excluding hydrogens is 222 g/mol. The molecule has 0 aliphatic carbocycles. The predicted octanol–water partition coefficient (Wildman–Crippen LogP) is 2.11. The normalized spacial score (nSPS) is 14.2. The van der Waals surface area contributed by atoms with Crippen LogP contribution in [-0.4, -0.2) is 26.1 Å². The third-order valence-corrected chi connectivity index (χ3v) is 3.88. The molecule has 0 aliphatic heterocycles. The van der Waals surface area contributed by atoms with Gasteiger partial charge in [-0.2, -0.15) is 0 Å². The first kappa shape index (κ1) is 14.2. The van der Waals surface area contributed by atoms with Crippen LogP contribution in [0.1, 0.15) is 39.5 Å². The lowest BCUT2D eigenvalue weighted by Crippen LogP contribution is -2.34. The molecule has 0 aliphatic rings. The van der Waals surface area contributed by atoms with Gasteiger partial charge in [0, 0.05) is 11.9 Å². The van der Waals surface area contributed by atoms with Gasteiger partial charge in [0.05, 0.1) is 5.75 Å². The number of halogens is 1. The number of sulfonamides is 1. The van der Waals surface area contributed by atoms with Crippen LogP contribution in [0, 0.1) is 0 Å². The maximum atomic E-state index is 11.3. The molecule has 0 fully saturated rings. The minimum absolute atomic E-state index is 0.00662. The second-order valence-electron chi connectivity index (χ2n) is 3.52. The first-order valence-electron chi connectivity index (χ1n) is 5.07. The lowest BCUT2D eigenvalue weighted by atomic mass is 10.1. The number of nitrogens with one attached hydrogen (secondary N) is 1. The van der Waals surface area contributed by atoms with Crippen molar-refractivity contribution >= 4 is 21.6 Å². The van der Waals surface area contributed by atoms with Gasteiger partial charge in [0.2, 0.25) is 10.0 Å². The molecule has 1 N–H and O–H groups in total. The lowest BCUT2D eigenvalue weighted by molar-refractivity contribution is 0.528. The van der Waals surface area contributed by atoms with Gasteiger partial charge in [-0.25, -0.2) is 13.1 Å². The molecule has 0 spiro atoms. The largest absolute Gasteiger partial charge is 0.213 e. The van der Waals surface area contributed by atoms with Gasteiger partial charge in [-0.1, -0.05) is 26.2 Å². The smallest absolute Gasteiger partial charge is 0.212 e. The molecule has 0 radical (unpaired) electrons. The van der Waals surface area contributed by atoms with Crippen LogP contribution in [0.3, 0.4) is 0 Å². The van der Waals surface area contributed by atoms with Gasteiger partial charge in [-0.05, 0) is 13.3 Å². The molecule has 0 aromatic rings. The van der Waals surface area contributed by atoms with E-state index in [0.29, 0.717) is 0 Å². The second kappa shape index (κ2) is 7.49. The van der Waals surface area contributed by atoms with Crippen molar-refractivity contribution < 1.29 is 8.42 Å². The van der Waals surface area contributed by atoms with E-state index in [1.807, 2.05) is 6.92 Å². The highest BCUT2D eigenvalue weighted by molar-refractivity contribution is 7.89. The molecule has 0 aromatic carbocycles. The van der Waals surface area contributed by atoms with E-state index < -0.39 is 10.0 Å². The van der Waals surface area contributed by atoms with Gasteiger partial charge in [0.15, 0.2) is 0 Å². The standard InChI is InChI=1S/C9H20ClNO2S/c1-3-4-5-6-9(2)11-14(12,13)8-7-10/h9,11H,3-8H2,1-2H3. The van der Waals surface area contributed by atoms with Gasteiger partial charge >= 0.3 is 0 Å². The first-order chi connectivity index (χ1) is 6.52. The van der Waals surface area contributed by atoms with Gasteiger partial charge in [-0.3, -0.25) is 0 Å². The zero-order valence-corrected chi connectivity index (χ0v) is 10.5. The Morgan fingerprint density at radius 3 is 2.50 bits per heavy atom. The summed E-state index contributed by atoms with van der Waals surface area (Å²) in [7, 11) is -3.15. The maximum absolute atomic E-state index is 11.3. The lowest BCUT2D eigenvalue weighted by Gasteiger charge is -2.12. The average Bonchev–Trinajstić information content (AvgIpc) is 2.03. The zero-order chi connectivity index (χ0) is 11.0. The average molecular weight is 242 g/mol. The number of hydrogen-bond acceptors (Lipinski definition) is 2. The van der Waals surface area contributed by atoms with Crippen molar-refractivity contribution in [3.63, 3.8) is 0 Å². The fourth-order valence-electron chi connectivity index (χ4n) is 1.23. The number of rotatable bonds is 8. The van der Waals surface area contributed by atoms with E-state index in [4.69, 9.17) is 11.6 Å². The molecule has 0 saturated heterocycles. The molecular formula is C9H20ClNO2S. The summed E-state index contributed by atoms with van der Waals surface area (Å²) in [5.41, 5.74) is 0. The summed E-state index contributed by atoms with van der Waals surface area (Å²) < 4.78 is 25.2. The SMILES string of the molecule is CCCCCC(C)NS(=O)(=O)CCCl.